The molecular weight excluding hydrogens is 350 g/mol. The maximum Gasteiger partial charge on any atom is 0.237 e. The highest BCUT2D eigenvalue weighted by atomic mass is 16.2. The summed E-state index contributed by atoms with van der Waals surface area (Å²) in [6.45, 7) is 2.89. The number of carbonyl (C=O) groups excluding carboxylic acids is 1. The zero-order valence-electron chi connectivity index (χ0n) is 17.2. The summed E-state index contributed by atoms with van der Waals surface area (Å²) in [7, 11) is 6.04. The Bertz CT molecular complexity index is 837. The Morgan fingerprint density at radius 3 is 2.82 bits per heavy atom. The fourth-order valence-corrected chi connectivity index (χ4v) is 5.07. The van der Waals surface area contributed by atoms with E-state index in [-0.39, 0.29) is 11.3 Å². The molecule has 1 fully saturated rings. The maximum atomic E-state index is 13.1. The zero-order chi connectivity index (χ0) is 19.7. The molecule has 1 spiro atoms. The molecule has 28 heavy (non-hydrogen) atoms. The van der Waals surface area contributed by atoms with Gasteiger partial charge in [0.15, 0.2) is 0 Å². The van der Waals surface area contributed by atoms with Crippen molar-refractivity contribution >= 4 is 11.6 Å². The minimum atomic E-state index is -0.328. The van der Waals surface area contributed by atoms with Crippen LogP contribution >= 0.6 is 0 Å². The number of aromatic nitrogens is 2. The van der Waals surface area contributed by atoms with Crippen LogP contribution in [0, 0.1) is 0 Å². The van der Waals surface area contributed by atoms with Crippen LogP contribution in [0.3, 0.4) is 0 Å². The average molecular weight is 382 g/mol. The number of hydrogen-bond acceptors (Lipinski definition) is 4. The molecule has 2 aliphatic rings. The molecule has 1 amide bonds. The fourth-order valence-electron chi connectivity index (χ4n) is 5.07. The molecule has 150 valence electrons. The number of fused-ring (bicyclic) bond motifs is 2. The number of hydrogen-bond donors (Lipinski definition) is 2. The van der Waals surface area contributed by atoms with Crippen molar-refractivity contribution in [3.05, 3.63) is 47.3 Å². The van der Waals surface area contributed by atoms with Gasteiger partial charge in [-0.25, -0.2) is 0 Å². The third kappa shape index (κ3) is 3.14. The second-order valence-corrected chi connectivity index (χ2v) is 8.39. The molecule has 1 aromatic heterocycles. The van der Waals surface area contributed by atoms with Crippen LogP contribution in [0.1, 0.15) is 48.4 Å². The molecule has 6 heteroatoms. The number of anilines is 1. The summed E-state index contributed by atoms with van der Waals surface area (Å²) >= 11 is 0. The molecule has 2 aromatic rings. The van der Waals surface area contributed by atoms with Crippen molar-refractivity contribution in [1.82, 2.24) is 20.4 Å². The van der Waals surface area contributed by atoms with E-state index in [2.05, 4.69) is 45.7 Å². The number of nitrogens with zero attached hydrogens (tertiary/aromatic N) is 3. The number of H-pyrrole nitrogens is 1. The van der Waals surface area contributed by atoms with Gasteiger partial charge in [-0.2, -0.15) is 5.10 Å². The van der Waals surface area contributed by atoms with Gasteiger partial charge in [-0.3, -0.25) is 9.89 Å². The summed E-state index contributed by atoms with van der Waals surface area (Å²) in [5.41, 5.74) is 4.52. The minimum absolute atomic E-state index is 0.267. The van der Waals surface area contributed by atoms with E-state index in [4.69, 9.17) is 0 Å². The van der Waals surface area contributed by atoms with Crippen molar-refractivity contribution in [3.63, 3.8) is 0 Å². The number of amides is 1. The summed E-state index contributed by atoms with van der Waals surface area (Å²) in [6.07, 6.45) is 5.82. The van der Waals surface area contributed by atoms with Crippen LogP contribution in [0.5, 0.6) is 0 Å². The largest absolute Gasteiger partial charge is 0.318 e. The minimum Gasteiger partial charge on any atom is -0.318 e. The van der Waals surface area contributed by atoms with Crippen LogP contribution in [0.15, 0.2) is 30.5 Å². The average Bonchev–Trinajstić information content (AvgIpc) is 3.25. The van der Waals surface area contributed by atoms with E-state index in [0.717, 1.165) is 51.0 Å². The Labute approximate surface area is 167 Å². The molecule has 2 N–H and O–H groups in total. The molecular formula is C22H31N5O. The molecule has 1 aliphatic carbocycles. The quantitative estimate of drug-likeness (QED) is 0.807. The van der Waals surface area contributed by atoms with Crippen molar-refractivity contribution in [2.45, 2.75) is 43.6 Å². The lowest BCUT2D eigenvalue weighted by atomic mass is 9.66. The van der Waals surface area contributed by atoms with Crippen molar-refractivity contribution < 1.29 is 4.79 Å². The van der Waals surface area contributed by atoms with E-state index in [9.17, 15) is 4.79 Å². The second kappa shape index (κ2) is 7.68. The topological polar surface area (TPSA) is 64.3 Å². The summed E-state index contributed by atoms with van der Waals surface area (Å²) in [4.78, 5) is 17.3. The van der Waals surface area contributed by atoms with E-state index >= 15 is 0 Å². The van der Waals surface area contributed by atoms with Crippen molar-refractivity contribution in [1.29, 1.82) is 0 Å². The van der Waals surface area contributed by atoms with E-state index in [1.54, 1.807) is 0 Å². The molecule has 0 atom stereocenters. The molecule has 4 rings (SSSR count). The van der Waals surface area contributed by atoms with Gasteiger partial charge in [-0.15, -0.1) is 0 Å². The van der Waals surface area contributed by atoms with Gasteiger partial charge in [0.1, 0.15) is 0 Å². The van der Waals surface area contributed by atoms with Crippen LogP contribution in [0.4, 0.5) is 5.69 Å². The number of para-hydroxylation sites is 1. The van der Waals surface area contributed by atoms with Gasteiger partial charge in [-0.05, 0) is 51.4 Å². The summed E-state index contributed by atoms with van der Waals surface area (Å²) in [5.74, 6) is 0.718. The maximum absolute atomic E-state index is 13.1. The number of aromatic amines is 1. The molecule has 2 heterocycles. The summed E-state index contributed by atoms with van der Waals surface area (Å²) in [5, 5.41) is 10.8. The van der Waals surface area contributed by atoms with Gasteiger partial charge in [0.2, 0.25) is 5.91 Å². The number of benzene rings is 1. The number of nitrogens with one attached hydrogen (secondary N) is 2. The fraction of sp³-hybridized carbons (Fsp3) is 0.545. The molecule has 1 saturated carbocycles. The predicted octanol–water partition coefficient (Wildman–Crippen LogP) is 2.63. The number of likely N-dealkylation sites (N-methyl/N-ethyl adjacent to an activating group) is 3. The Morgan fingerprint density at radius 2 is 2.07 bits per heavy atom. The second-order valence-electron chi connectivity index (χ2n) is 8.39. The Morgan fingerprint density at radius 1 is 1.32 bits per heavy atom. The first-order valence-electron chi connectivity index (χ1n) is 10.3. The van der Waals surface area contributed by atoms with Gasteiger partial charge in [0, 0.05) is 49.5 Å². The third-order valence-corrected chi connectivity index (χ3v) is 6.68. The molecule has 0 radical (unpaired) electrons. The van der Waals surface area contributed by atoms with E-state index in [1.165, 1.54) is 16.8 Å². The van der Waals surface area contributed by atoms with Crippen LogP contribution in [0.2, 0.25) is 0 Å². The molecule has 6 nitrogen and oxygen atoms in total. The first-order valence-corrected chi connectivity index (χ1v) is 10.3. The van der Waals surface area contributed by atoms with Crippen LogP contribution < -0.4 is 10.2 Å². The Kier molecular flexibility index (Phi) is 5.25. The van der Waals surface area contributed by atoms with Gasteiger partial charge < -0.3 is 15.1 Å². The lowest BCUT2D eigenvalue weighted by Crippen LogP contribution is -2.41. The van der Waals surface area contributed by atoms with Crippen molar-refractivity contribution in [2.24, 2.45) is 0 Å². The lowest BCUT2D eigenvalue weighted by Gasteiger charge is -2.36. The number of carbonyl (C=O) groups is 1. The predicted molar refractivity (Wildman–Crippen MR) is 112 cm³/mol. The molecule has 0 bridgehead atoms. The SMILES string of the molecule is CNCCN(C)Cc1cn[nH]c1C1CCC2(CC1)C(=O)N(C)c1ccccc12. The van der Waals surface area contributed by atoms with Crippen LogP contribution in [-0.2, 0) is 16.8 Å². The zero-order valence-corrected chi connectivity index (χ0v) is 17.2. The normalized spacial score (nSPS) is 24.4. The monoisotopic (exact) mass is 381 g/mol. The third-order valence-electron chi connectivity index (χ3n) is 6.68. The van der Waals surface area contributed by atoms with Gasteiger partial charge in [-0.1, -0.05) is 18.2 Å². The highest BCUT2D eigenvalue weighted by Gasteiger charge is 2.51. The van der Waals surface area contributed by atoms with Gasteiger partial charge in [0.25, 0.3) is 0 Å². The van der Waals surface area contributed by atoms with Gasteiger partial charge >= 0.3 is 0 Å². The van der Waals surface area contributed by atoms with E-state index in [1.807, 2.05) is 31.3 Å². The standard InChI is InChI=1S/C22H31N5O/c1-23-12-13-26(2)15-17-14-24-25-20(17)16-8-10-22(11-9-16)18-6-4-5-7-19(18)27(3)21(22)28/h4-7,14,16,23H,8-13,15H2,1-3H3,(H,24,25). The lowest BCUT2D eigenvalue weighted by molar-refractivity contribution is -0.124. The smallest absolute Gasteiger partial charge is 0.237 e. The van der Waals surface area contributed by atoms with Gasteiger partial charge in [0.05, 0.1) is 11.6 Å². The molecule has 1 aliphatic heterocycles. The first kappa shape index (κ1) is 19.2. The number of rotatable bonds is 6. The Hall–Kier alpha value is -2.18. The molecule has 0 saturated heterocycles. The van der Waals surface area contributed by atoms with Crippen molar-refractivity contribution in [3.8, 4) is 0 Å². The van der Waals surface area contributed by atoms with Crippen molar-refractivity contribution in [2.75, 3.05) is 39.1 Å². The van der Waals surface area contributed by atoms with E-state index in [0.29, 0.717) is 5.92 Å². The first-order chi connectivity index (χ1) is 13.6. The molecule has 1 aromatic carbocycles. The Balaban J connectivity index is 1.49. The van der Waals surface area contributed by atoms with Crippen LogP contribution in [0.25, 0.3) is 0 Å². The highest BCUT2D eigenvalue weighted by Crippen LogP contribution is 2.52. The molecule has 0 unspecified atom stereocenters. The summed E-state index contributed by atoms with van der Waals surface area (Å²) < 4.78 is 0. The summed E-state index contributed by atoms with van der Waals surface area (Å²) in [6, 6.07) is 8.30. The highest BCUT2D eigenvalue weighted by molar-refractivity contribution is 6.07. The van der Waals surface area contributed by atoms with E-state index < -0.39 is 0 Å². The van der Waals surface area contributed by atoms with Crippen LogP contribution in [-0.4, -0.2) is 55.2 Å².